The van der Waals surface area contributed by atoms with Crippen molar-refractivity contribution in [1.82, 2.24) is 10.2 Å². The van der Waals surface area contributed by atoms with Crippen LogP contribution in [0.25, 0.3) is 0 Å². The molecule has 4 aliphatic rings. The summed E-state index contributed by atoms with van der Waals surface area (Å²) < 4.78 is 27.6. The average molecular weight is 522 g/mol. The molecule has 3 fully saturated rings. The van der Waals surface area contributed by atoms with Crippen LogP contribution in [0.1, 0.15) is 32.1 Å². The van der Waals surface area contributed by atoms with Crippen LogP contribution in [0.2, 0.25) is 0 Å². The smallest absolute Gasteiger partial charge is 0.261 e. The van der Waals surface area contributed by atoms with E-state index in [1.807, 2.05) is 24.3 Å². The summed E-state index contributed by atoms with van der Waals surface area (Å²) in [6, 6.07) is 7.46. The van der Waals surface area contributed by atoms with Crippen LogP contribution in [0.4, 0.5) is 14.5 Å². The molecule has 1 saturated heterocycles. The molecule has 1 aromatic carbocycles. The second-order valence-electron chi connectivity index (χ2n) is 10.1. The maximum absolute atomic E-state index is 13.3. The summed E-state index contributed by atoms with van der Waals surface area (Å²) in [6.45, 7) is 1.42. The Morgan fingerprint density at radius 1 is 1.00 bits per heavy atom. The number of benzene rings is 1. The molecule has 1 aromatic rings. The summed E-state index contributed by atoms with van der Waals surface area (Å²) >= 11 is 3.40. The van der Waals surface area contributed by atoms with Gasteiger partial charge in [0.2, 0.25) is 11.8 Å². The normalized spacial score (nSPS) is 30.6. The number of anilines is 1. The number of likely N-dealkylation sites (tertiary alicyclic amines) is 1. The number of hydrogen-bond donors (Lipinski definition) is 2. The van der Waals surface area contributed by atoms with Crippen molar-refractivity contribution in [3.8, 4) is 0 Å². The van der Waals surface area contributed by atoms with Gasteiger partial charge in [0.15, 0.2) is 0 Å². The van der Waals surface area contributed by atoms with E-state index in [1.165, 1.54) is 0 Å². The van der Waals surface area contributed by atoms with E-state index in [4.69, 9.17) is 0 Å². The first-order valence-electron chi connectivity index (χ1n) is 11.9. The monoisotopic (exact) mass is 521 g/mol. The van der Waals surface area contributed by atoms with E-state index in [-0.39, 0.29) is 53.9 Å². The van der Waals surface area contributed by atoms with Gasteiger partial charge < -0.3 is 10.6 Å². The lowest BCUT2D eigenvalue weighted by Gasteiger charge is -2.26. The minimum atomic E-state index is -2.56. The van der Waals surface area contributed by atoms with Crippen molar-refractivity contribution in [1.29, 1.82) is 0 Å². The molecule has 1 heterocycles. The van der Waals surface area contributed by atoms with Gasteiger partial charge in [0.1, 0.15) is 0 Å². The van der Waals surface area contributed by atoms with E-state index in [0.29, 0.717) is 19.6 Å². The van der Waals surface area contributed by atoms with Crippen LogP contribution in [0.5, 0.6) is 0 Å². The third-order valence-corrected chi connectivity index (χ3v) is 8.54. The van der Waals surface area contributed by atoms with Crippen molar-refractivity contribution in [2.24, 2.45) is 29.1 Å². The summed E-state index contributed by atoms with van der Waals surface area (Å²) in [7, 11) is 0. The molecule has 1 aliphatic heterocycles. The van der Waals surface area contributed by atoms with Crippen LogP contribution in [0, 0.1) is 29.1 Å². The molecule has 0 aromatic heterocycles. The number of nitrogens with zero attached hydrogens (tertiary/aromatic N) is 1. The number of amides is 2. The number of allylic oxidation sites excluding steroid dienone is 2. The van der Waals surface area contributed by atoms with Gasteiger partial charge in [0.05, 0.1) is 18.4 Å². The van der Waals surface area contributed by atoms with Crippen LogP contribution in [-0.4, -0.2) is 48.8 Å². The van der Waals surface area contributed by atoms with E-state index < -0.39 is 5.92 Å². The summed E-state index contributed by atoms with van der Waals surface area (Å²) in [6.07, 6.45) is 7.89. The summed E-state index contributed by atoms with van der Waals surface area (Å²) in [5, 5.41) is 6.07. The van der Waals surface area contributed by atoms with Gasteiger partial charge in [-0.15, -0.1) is 0 Å². The van der Waals surface area contributed by atoms with E-state index in [0.717, 1.165) is 35.8 Å². The van der Waals surface area contributed by atoms with Crippen molar-refractivity contribution in [3.05, 3.63) is 40.9 Å². The second-order valence-corrected chi connectivity index (χ2v) is 11.0. The van der Waals surface area contributed by atoms with Gasteiger partial charge in [-0.3, -0.25) is 14.5 Å². The standard InChI is InChI=1S/C25H30BrF2N3O2/c26-16-3-5-17(6-4-16)30-23(33)21-19-8-7-18(24(19)9-10-24)20(21)22(32)29-12-1-2-13-31-14-11-25(27,28)15-31/h3-8,18-21H,1-2,9-15H2,(H,29,32)(H,30,33)/t18-,19+,20-,21-/m1/s1. The molecular formula is C25H30BrF2N3O2. The maximum Gasteiger partial charge on any atom is 0.261 e. The van der Waals surface area contributed by atoms with Crippen LogP contribution in [-0.2, 0) is 9.59 Å². The predicted octanol–water partition coefficient (Wildman–Crippen LogP) is 4.45. The van der Waals surface area contributed by atoms with Gasteiger partial charge in [-0.2, -0.15) is 0 Å². The van der Waals surface area contributed by atoms with E-state index in [2.05, 4.69) is 38.7 Å². The first-order valence-corrected chi connectivity index (χ1v) is 12.7. The molecule has 3 aliphatic carbocycles. The third-order valence-electron chi connectivity index (χ3n) is 8.01. The number of nitrogens with one attached hydrogen (secondary N) is 2. The highest BCUT2D eigenvalue weighted by atomic mass is 79.9. The molecule has 0 unspecified atom stereocenters. The fraction of sp³-hybridized carbons (Fsp3) is 0.600. The fourth-order valence-corrected chi connectivity index (χ4v) is 6.52. The molecule has 5 nitrogen and oxygen atoms in total. The Hall–Kier alpha value is -1.80. The number of unbranched alkanes of at least 4 members (excludes halogenated alkanes) is 1. The molecule has 0 radical (unpaired) electrons. The average Bonchev–Trinajstić information content (AvgIpc) is 3.31. The Balaban J connectivity index is 1.17. The molecule has 2 bridgehead atoms. The minimum absolute atomic E-state index is 0.0539. The zero-order valence-electron chi connectivity index (χ0n) is 18.5. The SMILES string of the molecule is O=C(NCCCCN1CCC(F)(F)C1)[C@H]1[C@H](C(=O)Nc2ccc(Br)cc2)[C@@H]2C=C[C@H]1C21CC1. The number of halogens is 3. The van der Waals surface area contributed by atoms with Crippen molar-refractivity contribution < 1.29 is 18.4 Å². The Kier molecular flexibility index (Phi) is 6.10. The highest BCUT2D eigenvalue weighted by molar-refractivity contribution is 9.10. The number of alkyl halides is 2. The Morgan fingerprint density at radius 3 is 2.27 bits per heavy atom. The van der Waals surface area contributed by atoms with Gasteiger partial charge in [-0.25, -0.2) is 8.78 Å². The van der Waals surface area contributed by atoms with Crippen LogP contribution in [0.15, 0.2) is 40.9 Å². The first-order chi connectivity index (χ1) is 15.8. The number of rotatable bonds is 8. The van der Waals surface area contributed by atoms with Gasteiger partial charge in [-0.1, -0.05) is 28.1 Å². The zero-order chi connectivity index (χ0) is 23.2. The van der Waals surface area contributed by atoms with Crippen molar-refractivity contribution in [2.75, 3.05) is 31.5 Å². The molecule has 8 heteroatoms. The van der Waals surface area contributed by atoms with Gasteiger partial charge in [-0.05, 0) is 73.7 Å². The maximum atomic E-state index is 13.3. The summed E-state index contributed by atoms with van der Waals surface area (Å²) in [5.74, 6) is -3.18. The second kappa shape index (κ2) is 8.77. The third kappa shape index (κ3) is 4.48. The summed E-state index contributed by atoms with van der Waals surface area (Å²) in [4.78, 5) is 28.3. The van der Waals surface area contributed by atoms with E-state index in [9.17, 15) is 18.4 Å². The van der Waals surface area contributed by atoms with Crippen molar-refractivity contribution >= 4 is 33.4 Å². The molecule has 33 heavy (non-hydrogen) atoms. The molecular weight excluding hydrogens is 492 g/mol. The topological polar surface area (TPSA) is 61.4 Å². The lowest BCUT2D eigenvalue weighted by atomic mass is 9.81. The Labute approximate surface area is 201 Å². The Morgan fingerprint density at radius 2 is 1.67 bits per heavy atom. The quantitative estimate of drug-likeness (QED) is 0.392. The molecule has 4 atom stereocenters. The van der Waals surface area contributed by atoms with Gasteiger partial charge >= 0.3 is 0 Å². The van der Waals surface area contributed by atoms with E-state index >= 15 is 0 Å². The summed E-state index contributed by atoms with van der Waals surface area (Å²) in [5.41, 5.74) is 0.816. The largest absolute Gasteiger partial charge is 0.356 e. The number of carbonyl (C=O) groups is 2. The first kappa shape index (κ1) is 23.0. The van der Waals surface area contributed by atoms with Gasteiger partial charge in [0.25, 0.3) is 5.92 Å². The highest BCUT2D eigenvalue weighted by Crippen LogP contribution is 2.72. The molecule has 2 saturated carbocycles. The fourth-order valence-electron chi connectivity index (χ4n) is 6.26. The number of carbonyl (C=O) groups excluding carboxylic acids is 2. The van der Waals surface area contributed by atoms with Crippen LogP contribution >= 0.6 is 15.9 Å². The zero-order valence-corrected chi connectivity index (χ0v) is 20.1. The van der Waals surface area contributed by atoms with Crippen LogP contribution < -0.4 is 10.6 Å². The predicted molar refractivity (Wildman–Crippen MR) is 126 cm³/mol. The lowest BCUT2D eigenvalue weighted by Crippen LogP contribution is -2.42. The molecule has 1 spiro atoms. The van der Waals surface area contributed by atoms with Crippen LogP contribution in [0.3, 0.4) is 0 Å². The molecule has 5 rings (SSSR count). The van der Waals surface area contributed by atoms with E-state index in [1.54, 1.807) is 4.90 Å². The molecule has 2 N–H and O–H groups in total. The van der Waals surface area contributed by atoms with Gasteiger partial charge in [0, 0.05) is 29.7 Å². The molecule has 2 amide bonds. The van der Waals surface area contributed by atoms with Crippen molar-refractivity contribution in [3.63, 3.8) is 0 Å². The molecule has 178 valence electrons. The number of hydrogen-bond acceptors (Lipinski definition) is 3. The lowest BCUT2D eigenvalue weighted by molar-refractivity contribution is -0.132. The Bertz CT molecular complexity index is 947. The highest BCUT2D eigenvalue weighted by Gasteiger charge is 2.69. The minimum Gasteiger partial charge on any atom is -0.356 e. The van der Waals surface area contributed by atoms with Crippen molar-refractivity contribution in [2.45, 2.75) is 38.0 Å².